The summed E-state index contributed by atoms with van der Waals surface area (Å²) >= 11 is 0. The van der Waals surface area contributed by atoms with E-state index in [1.54, 1.807) is 7.05 Å². The number of hydrogen-bond acceptors (Lipinski definition) is 3. The Hall–Kier alpha value is -1.39. The van der Waals surface area contributed by atoms with Gasteiger partial charge in [-0.05, 0) is 37.5 Å². The zero-order chi connectivity index (χ0) is 14.7. The fraction of sp³-hybridized carbons (Fsp3) is 0.562. The van der Waals surface area contributed by atoms with Crippen LogP contribution in [0.15, 0.2) is 18.2 Å². The molecule has 0 saturated carbocycles. The number of piperazine rings is 1. The largest absolute Gasteiger partial charge is 0.358 e. The monoisotopic (exact) mass is 275 g/mol. The van der Waals surface area contributed by atoms with E-state index in [1.165, 1.54) is 16.7 Å². The molecule has 1 aromatic rings. The predicted molar refractivity (Wildman–Crippen MR) is 81.8 cm³/mol. The molecular formula is C16H25N3O. The van der Waals surface area contributed by atoms with Gasteiger partial charge in [-0.2, -0.15) is 0 Å². The third-order valence-electron chi connectivity index (χ3n) is 4.34. The van der Waals surface area contributed by atoms with Gasteiger partial charge in [0, 0.05) is 32.7 Å². The molecule has 0 aliphatic carbocycles. The molecule has 2 N–H and O–H groups in total. The first-order chi connectivity index (χ1) is 9.54. The molecule has 2 atom stereocenters. The Morgan fingerprint density at radius 3 is 2.80 bits per heavy atom. The third-order valence-corrected chi connectivity index (χ3v) is 4.34. The van der Waals surface area contributed by atoms with Crippen molar-refractivity contribution in [3.8, 4) is 0 Å². The van der Waals surface area contributed by atoms with Crippen LogP contribution >= 0.6 is 0 Å². The van der Waals surface area contributed by atoms with Crippen molar-refractivity contribution in [1.29, 1.82) is 0 Å². The van der Waals surface area contributed by atoms with Crippen LogP contribution in [0.2, 0.25) is 0 Å². The molecule has 0 aromatic heterocycles. The molecule has 1 heterocycles. The Kier molecular flexibility index (Phi) is 4.78. The van der Waals surface area contributed by atoms with Gasteiger partial charge in [0.15, 0.2) is 0 Å². The van der Waals surface area contributed by atoms with E-state index in [0.717, 1.165) is 19.6 Å². The van der Waals surface area contributed by atoms with E-state index in [0.29, 0.717) is 0 Å². The molecule has 110 valence electrons. The Balaban J connectivity index is 2.22. The quantitative estimate of drug-likeness (QED) is 0.876. The van der Waals surface area contributed by atoms with Crippen LogP contribution in [0.4, 0.5) is 0 Å². The number of nitrogens with zero attached hydrogens (tertiary/aromatic N) is 1. The number of amides is 1. The van der Waals surface area contributed by atoms with Gasteiger partial charge in [-0.25, -0.2) is 0 Å². The molecule has 2 rings (SSSR count). The number of carbonyl (C=O) groups is 1. The van der Waals surface area contributed by atoms with E-state index < -0.39 is 0 Å². The minimum absolute atomic E-state index is 0.0906. The third kappa shape index (κ3) is 3.02. The molecule has 1 fully saturated rings. The Labute approximate surface area is 121 Å². The van der Waals surface area contributed by atoms with Crippen molar-refractivity contribution in [2.75, 3.05) is 26.7 Å². The minimum atomic E-state index is -0.0923. The summed E-state index contributed by atoms with van der Waals surface area (Å²) in [4.78, 5) is 14.3. The number of aryl methyl sites for hydroxylation is 2. The SMILES string of the molecule is CNC(=O)C1CNCCN1C(C)c1ccc(C)c(C)c1. The topological polar surface area (TPSA) is 44.4 Å². The maximum absolute atomic E-state index is 12.0. The first-order valence-corrected chi connectivity index (χ1v) is 7.29. The number of benzene rings is 1. The lowest BCUT2D eigenvalue weighted by molar-refractivity contribution is -0.127. The van der Waals surface area contributed by atoms with Crippen molar-refractivity contribution in [2.45, 2.75) is 32.9 Å². The Morgan fingerprint density at radius 2 is 2.15 bits per heavy atom. The van der Waals surface area contributed by atoms with Crippen molar-refractivity contribution in [2.24, 2.45) is 0 Å². The van der Waals surface area contributed by atoms with Crippen LogP contribution in [-0.2, 0) is 4.79 Å². The van der Waals surface area contributed by atoms with E-state index >= 15 is 0 Å². The van der Waals surface area contributed by atoms with Gasteiger partial charge in [0.2, 0.25) is 5.91 Å². The molecule has 0 spiro atoms. The zero-order valence-electron chi connectivity index (χ0n) is 12.9. The highest BCUT2D eigenvalue weighted by Gasteiger charge is 2.31. The summed E-state index contributed by atoms with van der Waals surface area (Å²) in [6.45, 7) is 9.00. The molecular weight excluding hydrogens is 250 g/mol. The summed E-state index contributed by atoms with van der Waals surface area (Å²) in [5.74, 6) is 0.0906. The van der Waals surface area contributed by atoms with Gasteiger partial charge >= 0.3 is 0 Å². The van der Waals surface area contributed by atoms with Crippen molar-refractivity contribution in [3.05, 3.63) is 34.9 Å². The van der Waals surface area contributed by atoms with Crippen molar-refractivity contribution < 1.29 is 4.79 Å². The second kappa shape index (κ2) is 6.37. The van der Waals surface area contributed by atoms with E-state index in [4.69, 9.17) is 0 Å². The molecule has 1 aromatic carbocycles. The van der Waals surface area contributed by atoms with Crippen molar-refractivity contribution >= 4 is 5.91 Å². The normalized spacial score (nSPS) is 21.5. The molecule has 4 nitrogen and oxygen atoms in total. The second-order valence-corrected chi connectivity index (χ2v) is 5.59. The number of nitrogens with one attached hydrogen (secondary N) is 2. The molecule has 0 bridgehead atoms. The Bertz CT molecular complexity index is 487. The van der Waals surface area contributed by atoms with Crippen LogP contribution in [0.1, 0.15) is 29.7 Å². The van der Waals surface area contributed by atoms with Gasteiger partial charge < -0.3 is 10.6 Å². The molecule has 1 saturated heterocycles. The molecule has 1 aliphatic heterocycles. The van der Waals surface area contributed by atoms with Gasteiger partial charge in [0.05, 0.1) is 0 Å². The molecule has 20 heavy (non-hydrogen) atoms. The highest BCUT2D eigenvalue weighted by Crippen LogP contribution is 2.25. The van der Waals surface area contributed by atoms with Gasteiger partial charge in [-0.3, -0.25) is 9.69 Å². The summed E-state index contributed by atoms with van der Waals surface area (Å²) < 4.78 is 0. The van der Waals surface area contributed by atoms with Crippen LogP contribution in [0.5, 0.6) is 0 Å². The molecule has 4 heteroatoms. The standard InChI is InChI=1S/C16H25N3O/c1-11-5-6-14(9-12(11)2)13(3)19-8-7-18-10-15(19)16(20)17-4/h5-6,9,13,15,18H,7-8,10H2,1-4H3,(H,17,20). The number of carbonyl (C=O) groups excluding carboxylic acids is 1. The van der Waals surface area contributed by atoms with Crippen LogP contribution in [0, 0.1) is 13.8 Å². The molecule has 0 radical (unpaired) electrons. The van der Waals surface area contributed by atoms with Gasteiger partial charge in [-0.15, -0.1) is 0 Å². The first kappa shape index (κ1) is 15.0. The average molecular weight is 275 g/mol. The van der Waals surface area contributed by atoms with Crippen LogP contribution in [-0.4, -0.2) is 43.5 Å². The summed E-state index contributed by atoms with van der Waals surface area (Å²) in [7, 11) is 1.70. The zero-order valence-corrected chi connectivity index (χ0v) is 12.9. The fourth-order valence-corrected chi connectivity index (χ4v) is 2.81. The lowest BCUT2D eigenvalue weighted by atomic mass is 9.99. The molecule has 1 amide bonds. The summed E-state index contributed by atoms with van der Waals surface area (Å²) in [6.07, 6.45) is 0. The predicted octanol–water partition coefficient (Wildman–Crippen LogP) is 1.38. The van der Waals surface area contributed by atoms with Crippen LogP contribution in [0.3, 0.4) is 0 Å². The fourth-order valence-electron chi connectivity index (χ4n) is 2.81. The summed E-state index contributed by atoms with van der Waals surface area (Å²) in [5.41, 5.74) is 3.90. The lowest BCUT2D eigenvalue weighted by Crippen LogP contribution is -2.57. The van der Waals surface area contributed by atoms with E-state index in [9.17, 15) is 4.79 Å². The molecule has 2 unspecified atom stereocenters. The van der Waals surface area contributed by atoms with Crippen LogP contribution < -0.4 is 10.6 Å². The van der Waals surface area contributed by atoms with Gasteiger partial charge in [0.25, 0.3) is 0 Å². The van der Waals surface area contributed by atoms with E-state index in [2.05, 4.69) is 54.5 Å². The van der Waals surface area contributed by atoms with Gasteiger partial charge in [-0.1, -0.05) is 18.2 Å². The second-order valence-electron chi connectivity index (χ2n) is 5.59. The maximum Gasteiger partial charge on any atom is 0.238 e. The van der Waals surface area contributed by atoms with E-state index in [1.807, 2.05) is 0 Å². The highest BCUT2D eigenvalue weighted by atomic mass is 16.2. The number of hydrogen-bond donors (Lipinski definition) is 2. The smallest absolute Gasteiger partial charge is 0.238 e. The number of likely N-dealkylation sites (N-methyl/N-ethyl adjacent to an activating group) is 1. The van der Waals surface area contributed by atoms with Gasteiger partial charge in [0.1, 0.15) is 6.04 Å². The van der Waals surface area contributed by atoms with Crippen molar-refractivity contribution in [3.63, 3.8) is 0 Å². The van der Waals surface area contributed by atoms with Crippen LogP contribution in [0.25, 0.3) is 0 Å². The lowest BCUT2D eigenvalue weighted by Gasteiger charge is -2.39. The average Bonchev–Trinajstić information content (AvgIpc) is 2.48. The summed E-state index contributed by atoms with van der Waals surface area (Å²) in [5, 5.41) is 6.08. The minimum Gasteiger partial charge on any atom is -0.358 e. The highest BCUT2D eigenvalue weighted by molar-refractivity contribution is 5.81. The number of rotatable bonds is 3. The van der Waals surface area contributed by atoms with E-state index in [-0.39, 0.29) is 18.0 Å². The molecule has 1 aliphatic rings. The Morgan fingerprint density at radius 1 is 1.40 bits per heavy atom. The maximum atomic E-state index is 12.0. The first-order valence-electron chi connectivity index (χ1n) is 7.29. The summed E-state index contributed by atoms with van der Waals surface area (Å²) in [6, 6.07) is 6.74. The van der Waals surface area contributed by atoms with Crippen molar-refractivity contribution in [1.82, 2.24) is 15.5 Å².